The van der Waals surface area contributed by atoms with Gasteiger partial charge in [0.25, 0.3) is 5.91 Å². The van der Waals surface area contributed by atoms with Gasteiger partial charge in [-0.15, -0.1) is 0 Å². The predicted octanol–water partition coefficient (Wildman–Crippen LogP) is 3.14. The van der Waals surface area contributed by atoms with Gasteiger partial charge in [0.1, 0.15) is 5.82 Å². The van der Waals surface area contributed by atoms with Gasteiger partial charge in [-0.25, -0.2) is 4.39 Å². The number of aryl methyl sites for hydroxylation is 1. The Hall–Kier alpha value is -3.06. The number of hydrogen-bond acceptors (Lipinski definition) is 5. The van der Waals surface area contributed by atoms with E-state index >= 15 is 0 Å². The topological polar surface area (TPSA) is 62.5 Å². The van der Waals surface area contributed by atoms with Crippen molar-refractivity contribution in [3.63, 3.8) is 0 Å². The summed E-state index contributed by atoms with van der Waals surface area (Å²) in [6, 6.07) is 14.1. The van der Waals surface area contributed by atoms with Crippen LogP contribution in [-0.2, 0) is 6.54 Å². The van der Waals surface area contributed by atoms with Gasteiger partial charge in [-0.3, -0.25) is 9.69 Å². The second-order valence-corrected chi connectivity index (χ2v) is 6.93. The van der Waals surface area contributed by atoms with E-state index in [4.69, 9.17) is 4.52 Å². The molecule has 1 aliphatic heterocycles. The second kappa shape index (κ2) is 7.90. The summed E-state index contributed by atoms with van der Waals surface area (Å²) in [5, 5.41) is 4.06. The molecule has 144 valence electrons. The molecule has 1 saturated heterocycles. The standard InChI is InChI=1S/C21H21FN4O2/c1-15-6-8-16(9-7-15)20-23-19(28-24-20)14-25-10-12-26(13-11-25)21(27)17-4-2-3-5-18(17)22/h2-9H,10-14H2,1H3. The Morgan fingerprint density at radius 2 is 1.79 bits per heavy atom. The zero-order valence-corrected chi connectivity index (χ0v) is 15.6. The first-order chi connectivity index (χ1) is 13.6. The minimum absolute atomic E-state index is 0.121. The van der Waals surface area contributed by atoms with Crippen LogP contribution in [0.3, 0.4) is 0 Å². The number of carbonyl (C=O) groups is 1. The van der Waals surface area contributed by atoms with Crippen LogP contribution in [0.2, 0.25) is 0 Å². The van der Waals surface area contributed by atoms with Crippen molar-refractivity contribution >= 4 is 5.91 Å². The number of hydrogen-bond donors (Lipinski definition) is 0. The first-order valence-electron chi connectivity index (χ1n) is 9.26. The van der Waals surface area contributed by atoms with Crippen molar-refractivity contribution in [2.45, 2.75) is 13.5 Å². The quantitative estimate of drug-likeness (QED) is 0.696. The Morgan fingerprint density at radius 1 is 1.07 bits per heavy atom. The van der Waals surface area contributed by atoms with E-state index < -0.39 is 5.82 Å². The Bertz CT molecular complexity index is 963. The monoisotopic (exact) mass is 380 g/mol. The van der Waals surface area contributed by atoms with Gasteiger partial charge < -0.3 is 9.42 Å². The summed E-state index contributed by atoms with van der Waals surface area (Å²) < 4.78 is 19.2. The number of aromatic nitrogens is 2. The summed E-state index contributed by atoms with van der Waals surface area (Å²) >= 11 is 0. The van der Waals surface area contributed by atoms with E-state index in [9.17, 15) is 9.18 Å². The second-order valence-electron chi connectivity index (χ2n) is 6.93. The molecule has 1 aromatic heterocycles. The maximum absolute atomic E-state index is 13.8. The smallest absolute Gasteiger partial charge is 0.256 e. The van der Waals surface area contributed by atoms with Crippen molar-refractivity contribution in [3.05, 3.63) is 71.4 Å². The number of nitrogens with zero attached hydrogens (tertiary/aromatic N) is 4. The van der Waals surface area contributed by atoms with Crippen LogP contribution in [0.4, 0.5) is 4.39 Å². The SMILES string of the molecule is Cc1ccc(-c2noc(CN3CCN(C(=O)c4ccccc4F)CC3)n2)cc1. The predicted molar refractivity (Wildman–Crippen MR) is 102 cm³/mol. The average molecular weight is 380 g/mol. The molecule has 2 aromatic carbocycles. The van der Waals surface area contributed by atoms with Crippen molar-refractivity contribution < 1.29 is 13.7 Å². The van der Waals surface area contributed by atoms with E-state index in [0.29, 0.717) is 44.4 Å². The molecule has 7 heteroatoms. The molecule has 0 N–H and O–H groups in total. The fraction of sp³-hybridized carbons (Fsp3) is 0.286. The normalized spacial score (nSPS) is 15.0. The van der Waals surface area contributed by atoms with Crippen LogP contribution in [-0.4, -0.2) is 52.0 Å². The van der Waals surface area contributed by atoms with Crippen molar-refractivity contribution in [1.82, 2.24) is 19.9 Å². The van der Waals surface area contributed by atoms with Crippen molar-refractivity contribution in [1.29, 1.82) is 0 Å². The molecule has 0 saturated carbocycles. The van der Waals surface area contributed by atoms with Gasteiger partial charge in [0.15, 0.2) is 0 Å². The zero-order valence-electron chi connectivity index (χ0n) is 15.6. The lowest BCUT2D eigenvalue weighted by Gasteiger charge is -2.34. The van der Waals surface area contributed by atoms with E-state index in [2.05, 4.69) is 15.0 Å². The highest BCUT2D eigenvalue weighted by Crippen LogP contribution is 2.18. The van der Waals surface area contributed by atoms with E-state index in [1.165, 1.54) is 17.7 Å². The Morgan fingerprint density at radius 3 is 2.50 bits per heavy atom. The molecule has 2 heterocycles. The average Bonchev–Trinajstić information content (AvgIpc) is 3.17. The molecular formula is C21H21FN4O2. The summed E-state index contributed by atoms with van der Waals surface area (Å²) in [5.74, 6) is 0.370. The summed E-state index contributed by atoms with van der Waals surface area (Å²) in [6.45, 7) is 4.96. The first kappa shape index (κ1) is 18.3. The Labute approximate surface area is 162 Å². The molecule has 0 bridgehead atoms. The van der Waals surface area contributed by atoms with Crippen LogP contribution in [0, 0.1) is 12.7 Å². The minimum Gasteiger partial charge on any atom is -0.338 e. The molecule has 0 unspecified atom stereocenters. The molecule has 28 heavy (non-hydrogen) atoms. The largest absolute Gasteiger partial charge is 0.338 e. The molecule has 4 rings (SSSR count). The molecule has 1 fully saturated rings. The van der Waals surface area contributed by atoms with Gasteiger partial charge in [0.05, 0.1) is 12.1 Å². The summed E-state index contributed by atoms with van der Waals surface area (Å²) in [4.78, 5) is 20.8. The maximum atomic E-state index is 13.8. The van der Waals surface area contributed by atoms with E-state index in [1.54, 1.807) is 17.0 Å². The molecular weight excluding hydrogens is 359 g/mol. The first-order valence-corrected chi connectivity index (χ1v) is 9.26. The summed E-state index contributed by atoms with van der Waals surface area (Å²) in [7, 11) is 0. The molecule has 1 amide bonds. The molecule has 0 radical (unpaired) electrons. The van der Waals surface area contributed by atoms with E-state index in [-0.39, 0.29) is 11.5 Å². The van der Waals surface area contributed by atoms with Crippen LogP contribution >= 0.6 is 0 Å². The van der Waals surface area contributed by atoms with Crippen LogP contribution in [0.5, 0.6) is 0 Å². The molecule has 0 spiro atoms. The van der Waals surface area contributed by atoms with Crippen LogP contribution in [0.25, 0.3) is 11.4 Å². The molecule has 3 aromatic rings. The zero-order chi connectivity index (χ0) is 19.5. The third kappa shape index (κ3) is 3.94. The number of carbonyl (C=O) groups excluding carboxylic acids is 1. The molecule has 0 atom stereocenters. The van der Waals surface area contributed by atoms with Crippen LogP contribution in [0.15, 0.2) is 53.1 Å². The third-order valence-corrected chi connectivity index (χ3v) is 4.90. The maximum Gasteiger partial charge on any atom is 0.256 e. The van der Waals surface area contributed by atoms with E-state index in [1.807, 2.05) is 31.2 Å². The van der Waals surface area contributed by atoms with Crippen molar-refractivity contribution in [3.8, 4) is 11.4 Å². The number of benzene rings is 2. The van der Waals surface area contributed by atoms with Crippen LogP contribution < -0.4 is 0 Å². The minimum atomic E-state index is -0.482. The van der Waals surface area contributed by atoms with Crippen molar-refractivity contribution in [2.75, 3.05) is 26.2 Å². The number of amides is 1. The third-order valence-electron chi connectivity index (χ3n) is 4.90. The highest BCUT2D eigenvalue weighted by molar-refractivity contribution is 5.94. The molecule has 0 aliphatic carbocycles. The van der Waals surface area contributed by atoms with E-state index in [0.717, 1.165) is 5.56 Å². The Balaban J connectivity index is 1.34. The lowest BCUT2D eigenvalue weighted by atomic mass is 10.1. The number of rotatable bonds is 4. The van der Waals surface area contributed by atoms with Crippen molar-refractivity contribution in [2.24, 2.45) is 0 Å². The highest BCUT2D eigenvalue weighted by Gasteiger charge is 2.25. The van der Waals surface area contributed by atoms with Gasteiger partial charge in [-0.2, -0.15) is 4.98 Å². The van der Waals surface area contributed by atoms with Gasteiger partial charge >= 0.3 is 0 Å². The van der Waals surface area contributed by atoms with Gasteiger partial charge in [0.2, 0.25) is 11.7 Å². The molecule has 6 nitrogen and oxygen atoms in total. The fourth-order valence-electron chi connectivity index (χ4n) is 3.24. The highest BCUT2D eigenvalue weighted by atomic mass is 19.1. The molecule has 1 aliphatic rings. The van der Waals surface area contributed by atoms with Gasteiger partial charge in [-0.1, -0.05) is 47.1 Å². The lowest BCUT2D eigenvalue weighted by Crippen LogP contribution is -2.48. The summed E-state index contributed by atoms with van der Waals surface area (Å²) in [5.41, 5.74) is 2.21. The lowest BCUT2D eigenvalue weighted by molar-refractivity contribution is 0.0610. The van der Waals surface area contributed by atoms with Crippen LogP contribution in [0.1, 0.15) is 21.8 Å². The summed E-state index contributed by atoms with van der Waals surface area (Å²) in [6.07, 6.45) is 0. The number of halogens is 1. The fourth-order valence-corrected chi connectivity index (χ4v) is 3.24. The van der Waals surface area contributed by atoms with Gasteiger partial charge in [-0.05, 0) is 19.1 Å². The number of piperazine rings is 1. The Kier molecular flexibility index (Phi) is 5.16. The van der Waals surface area contributed by atoms with Gasteiger partial charge in [0, 0.05) is 31.7 Å².